The Kier molecular flexibility index (Phi) is 5.38. The zero-order valence-electron chi connectivity index (χ0n) is 16.9. The van der Waals surface area contributed by atoms with Crippen molar-refractivity contribution in [2.24, 2.45) is 14.1 Å². The Hall–Kier alpha value is -3.79. The van der Waals surface area contributed by atoms with E-state index in [1.54, 1.807) is 24.3 Å². The highest BCUT2D eigenvalue weighted by Crippen LogP contribution is 2.20. The fraction of sp³-hybridized carbons (Fsp3) is 0.190. The molecule has 1 amide bonds. The van der Waals surface area contributed by atoms with E-state index in [1.807, 2.05) is 18.2 Å². The summed E-state index contributed by atoms with van der Waals surface area (Å²) in [6.07, 6.45) is 1.37. The molecule has 158 valence electrons. The summed E-state index contributed by atoms with van der Waals surface area (Å²) in [6, 6.07) is 12.6. The molecule has 0 saturated carbocycles. The van der Waals surface area contributed by atoms with Crippen molar-refractivity contribution >= 4 is 34.2 Å². The highest BCUT2D eigenvalue weighted by atomic mass is 32.1. The first-order valence-electron chi connectivity index (χ1n) is 9.43. The number of ketones is 1. The molecule has 0 aliphatic carbocycles. The number of amides is 1. The molecule has 0 fully saturated rings. The Balaban J connectivity index is 1.45. The second-order valence-corrected chi connectivity index (χ2v) is 8.16. The lowest BCUT2D eigenvalue weighted by molar-refractivity contribution is -0.121. The van der Waals surface area contributed by atoms with Gasteiger partial charge < -0.3 is 9.88 Å². The molecule has 3 aromatic heterocycles. The molecule has 0 spiro atoms. The van der Waals surface area contributed by atoms with Crippen LogP contribution in [0.2, 0.25) is 0 Å². The molecule has 0 aliphatic rings. The zero-order chi connectivity index (χ0) is 22.1. The third-order valence-electron chi connectivity index (χ3n) is 4.91. The fourth-order valence-corrected chi connectivity index (χ4v) is 4.15. The molecule has 31 heavy (non-hydrogen) atoms. The van der Waals surface area contributed by atoms with Crippen molar-refractivity contribution in [3.05, 3.63) is 84.9 Å². The first-order valence-corrected chi connectivity index (χ1v) is 10.2. The number of thiophene rings is 1. The van der Waals surface area contributed by atoms with Gasteiger partial charge in [0.2, 0.25) is 11.7 Å². The summed E-state index contributed by atoms with van der Waals surface area (Å²) in [6.45, 7) is 0.139. The Bertz CT molecular complexity index is 1410. The van der Waals surface area contributed by atoms with Gasteiger partial charge in [0.05, 0.1) is 17.7 Å². The number of aryl methyl sites for hydroxylation is 1. The van der Waals surface area contributed by atoms with Crippen LogP contribution in [-0.4, -0.2) is 30.4 Å². The number of carbonyl (C=O) groups is 2. The van der Waals surface area contributed by atoms with Gasteiger partial charge in [-0.3, -0.25) is 23.5 Å². The number of rotatable bonds is 6. The fourth-order valence-electron chi connectivity index (χ4n) is 3.24. The van der Waals surface area contributed by atoms with Crippen LogP contribution in [0.4, 0.5) is 0 Å². The van der Waals surface area contributed by atoms with E-state index in [-0.39, 0.29) is 35.9 Å². The van der Waals surface area contributed by atoms with Crippen LogP contribution in [0, 0.1) is 0 Å². The SMILES string of the molecule is Cn1c(=O)c2c(ncn2CC(=O)NCc2ccc(C(=O)c3ccccc3)s2)n(C)c1=O. The predicted molar refractivity (Wildman–Crippen MR) is 116 cm³/mol. The van der Waals surface area contributed by atoms with E-state index >= 15 is 0 Å². The van der Waals surface area contributed by atoms with Gasteiger partial charge in [0, 0.05) is 24.5 Å². The molecule has 0 radical (unpaired) electrons. The molecule has 10 heteroatoms. The molecule has 0 unspecified atom stereocenters. The number of hydrogen-bond donors (Lipinski definition) is 1. The highest BCUT2D eigenvalue weighted by Gasteiger charge is 2.16. The quantitative estimate of drug-likeness (QED) is 0.454. The second-order valence-electron chi connectivity index (χ2n) is 6.99. The van der Waals surface area contributed by atoms with Gasteiger partial charge in [-0.25, -0.2) is 9.78 Å². The van der Waals surface area contributed by atoms with E-state index in [0.717, 1.165) is 9.44 Å². The van der Waals surface area contributed by atoms with Crippen molar-refractivity contribution in [2.75, 3.05) is 0 Å². The Labute approximate surface area is 180 Å². The molecule has 3 heterocycles. The van der Waals surface area contributed by atoms with Crippen molar-refractivity contribution in [2.45, 2.75) is 13.1 Å². The molecule has 0 atom stereocenters. The number of nitrogens with zero attached hydrogens (tertiary/aromatic N) is 4. The zero-order valence-corrected chi connectivity index (χ0v) is 17.7. The monoisotopic (exact) mass is 437 g/mol. The minimum Gasteiger partial charge on any atom is -0.350 e. The summed E-state index contributed by atoms with van der Waals surface area (Å²) in [7, 11) is 2.90. The Morgan fingerprint density at radius 2 is 1.77 bits per heavy atom. The van der Waals surface area contributed by atoms with Crippen molar-refractivity contribution in [1.29, 1.82) is 0 Å². The Morgan fingerprint density at radius 3 is 2.52 bits per heavy atom. The van der Waals surface area contributed by atoms with Gasteiger partial charge in [0.25, 0.3) is 5.56 Å². The average Bonchev–Trinajstić information content (AvgIpc) is 3.42. The van der Waals surface area contributed by atoms with E-state index in [9.17, 15) is 19.2 Å². The van der Waals surface area contributed by atoms with Gasteiger partial charge >= 0.3 is 5.69 Å². The second kappa shape index (κ2) is 8.15. The minimum atomic E-state index is -0.509. The maximum Gasteiger partial charge on any atom is 0.332 e. The smallest absolute Gasteiger partial charge is 0.332 e. The predicted octanol–water partition coefficient (Wildman–Crippen LogP) is 1.04. The number of aromatic nitrogens is 4. The number of nitrogens with one attached hydrogen (secondary N) is 1. The van der Waals surface area contributed by atoms with E-state index in [1.165, 1.54) is 40.9 Å². The summed E-state index contributed by atoms with van der Waals surface area (Å²) < 4.78 is 3.67. The third-order valence-corrected chi connectivity index (χ3v) is 6.00. The van der Waals surface area contributed by atoms with Crippen molar-refractivity contribution in [3.63, 3.8) is 0 Å². The number of hydrogen-bond acceptors (Lipinski definition) is 6. The van der Waals surface area contributed by atoms with E-state index in [2.05, 4.69) is 10.3 Å². The van der Waals surface area contributed by atoms with E-state index in [4.69, 9.17) is 0 Å². The standard InChI is InChI=1S/C21H19N5O4S/c1-24-19-17(20(29)25(2)21(24)30)26(12-23-19)11-16(27)22-10-14-8-9-15(31-14)18(28)13-6-4-3-5-7-13/h3-9,12H,10-11H2,1-2H3,(H,22,27). The molecule has 0 aliphatic heterocycles. The van der Waals surface area contributed by atoms with Crippen molar-refractivity contribution < 1.29 is 9.59 Å². The first-order chi connectivity index (χ1) is 14.9. The normalized spacial score (nSPS) is 11.0. The molecule has 0 saturated heterocycles. The van der Waals surface area contributed by atoms with Crippen LogP contribution >= 0.6 is 11.3 Å². The first kappa shape index (κ1) is 20.5. The summed E-state index contributed by atoms with van der Waals surface area (Å²) >= 11 is 1.32. The molecule has 9 nitrogen and oxygen atoms in total. The van der Waals surface area contributed by atoms with Gasteiger partial charge in [0.15, 0.2) is 11.2 Å². The highest BCUT2D eigenvalue weighted by molar-refractivity contribution is 7.14. The molecule has 1 N–H and O–H groups in total. The molecule has 1 aromatic carbocycles. The largest absolute Gasteiger partial charge is 0.350 e. The van der Waals surface area contributed by atoms with Gasteiger partial charge in [0.1, 0.15) is 6.54 Å². The summed E-state index contributed by atoms with van der Waals surface area (Å²) in [5, 5.41) is 2.79. The third kappa shape index (κ3) is 3.84. The van der Waals surface area contributed by atoms with Crippen LogP contribution < -0.4 is 16.6 Å². The summed E-state index contributed by atoms with van der Waals surface area (Å²) in [4.78, 5) is 54.9. The molecular formula is C21H19N5O4S. The number of benzene rings is 1. The van der Waals surface area contributed by atoms with Crippen LogP contribution in [0.1, 0.15) is 20.1 Å². The van der Waals surface area contributed by atoms with Crippen molar-refractivity contribution in [1.82, 2.24) is 24.0 Å². The van der Waals surface area contributed by atoms with Crippen LogP contribution in [0.3, 0.4) is 0 Å². The maximum absolute atomic E-state index is 12.5. The van der Waals surface area contributed by atoms with Gasteiger partial charge in [-0.15, -0.1) is 11.3 Å². The lowest BCUT2D eigenvalue weighted by Gasteiger charge is -2.07. The van der Waals surface area contributed by atoms with Crippen LogP contribution in [0.15, 0.2) is 58.4 Å². The summed E-state index contributed by atoms with van der Waals surface area (Å²) in [5.41, 5.74) is 0.0363. The molecule has 0 bridgehead atoms. The Morgan fingerprint density at radius 1 is 1.03 bits per heavy atom. The number of imidazole rings is 1. The van der Waals surface area contributed by atoms with E-state index in [0.29, 0.717) is 10.4 Å². The molecular weight excluding hydrogens is 418 g/mol. The van der Waals surface area contributed by atoms with Gasteiger partial charge in [-0.05, 0) is 12.1 Å². The number of fused-ring (bicyclic) bond motifs is 1. The summed E-state index contributed by atoms with van der Waals surface area (Å²) in [5.74, 6) is -0.380. The molecule has 4 rings (SSSR count). The lowest BCUT2D eigenvalue weighted by atomic mass is 10.1. The van der Waals surface area contributed by atoms with Gasteiger partial charge in [-0.2, -0.15) is 0 Å². The average molecular weight is 437 g/mol. The number of carbonyl (C=O) groups excluding carboxylic acids is 2. The minimum absolute atomic E-state index is 0.0606. The van der Waals surface area contributed by atoms with E-state index < -0.39 is 11.2 Å². The van der Waals surface area contributed by atoms with Crippen LogP contribution in [-0.2, 0) is 32.0 Å². The van der Waals surface area contributed by atoms with Gasteiger partial charge in [-0.1, -0.05) is 30.3 Å². The lowest BCUT2D eigenvalue weighted by Crippen LogP contribution is -2.38. The van der Waals surface area contributed by atoms with Crippen LogP contribution in [0.25, 0.3) is 11.2 Å². The maximum atomic E-state index is 12.5. The topological polar surface area (TPSA) is 108 Å². The molecule has 4 aromatic rings. The van der Waals surface area contributed by atoms with Crippen LogP contribution in [0.5, 0.6) is 0 Å². The van der Waals surface area contributed by atoms with Crippen molar-refractivity contribution in [3.8, 4) is 0 Å².